The molecule has 146 valence electrons. The van der Waals surface area contributed by atoms with Crippen molar-refractivity contribution in [2.45, 2.75) is 24.0 Å². The van der Waals surface area contributed by atoms with Crippen molar-refractivity contribution < 1.29 is 13.5 Å². The van der Waals surface area contributed by atoms with Crippen molar-refractivity contribution >= 4 is 44.5 Å². The highest BCUT2D eigenvalue weighted by Crippen LogP contribution is 2.18. The molecule has 0 saturated carbocycles. The average molecular weight is 428 g/mol. The zero-order valence-electron chi connectivity index (χ0n) is 14.7. The molecule has 0 saturated heterocycles. The molecule has 0 fully saturated rings. The van der Waals surface area contributed by atoms with Gasteiger partial charge in [-0.05, 0) is 52.9 Å². The average Bonchev–Trinajstić information content (AvgIpc) is 3.15. The van der Waals surface area contributed by atoms with Gasteiger partial charge in [0.1, 0.15) is 0 Å². The number of hydrogen-bond acceptors (Lipinski definition) is 6. The Labute approximate surface area is 169 Å². The highest BCUT2D eigenvalue weighted by atomic mass is 35.5. The standard InChI is InChI=1S/C18H21N3O3S2.ClH/c1-13(9-20-11-18(22)16-5-7-25-12-16)21-26(23,24)17-3-2-15-10-19-6-4-14(15)8-17;/h2-8,10,12-13,18,20-22H,9,11H2,1H3;1H. The Morgan fingerprint density at radius 1 is 1.19 bits per heavy atom. The van der Waals surface area contributed by atoms with Gasteiger partial charge < -0.3 is 10.4 Å². The molecule has 0 radical (unpaired) electrons. The monoisotopic (exact) mass is 427 g/mol. The van der Waals surface area contributed by atoms with E-state index in [0.717, 1.165) is 16.3 Å². The predicted octanol–water partition coefficient (Wildman–Crippen LogP) is 2.71. The largest absolute Gasteiger partial charge is 0.387 e. The summed E-state index contributed by atoms with van der Waals surface area (Å²) < 4.78 is 27.8. The van der Waals surface area contributed by atoms with Crippen LogP contribution in [0, 0.1) is 0 Å². The molecular weight excluding hydrogens is 406 g/mol. The lowest BCUT2D eigenvalue weighted by Crippen LogP contribution is -2.40. The summed E-state index contributed by atoms with van der Waals surface area (Å²) >= 11 is 1.53. The van der Waals surface area contributed by atoms with Crippen LogP contribution in [0.4, 0.5) is 0 Å². The minimum absolute atomic E-state index is 0. The topological polar surface area (TPSA) is 91.3 Å². The van der Waals surface area contributed by atoms with Gasteiger partial charge in [-0.3, -0.25) is 4.98 Å². The fraction of sp³-hybridized carbons (Fsp3) is 0.278. The summed E-state index contributed by atoms with van der Waals surface area (Å²) in [5, 5.41) is 18.7. The highest BCUT2D eigenvalue weighted by Gasteiger charge is 2.18. The van der Waals surface area contributed by atoms with Gasteiger partial charge in [0, 0.05) is 36.9 Å². The molecule has 6 nitrogen and oxygen atoms in total. The Morgan fingerprint density at radius 3 is 2.74 bits per heavy atom. The first kappa shape index (κ1) is 21.7. The summed E-state index contributed by atoms with van der Waals surface area (Å²) in [6.07, 6.45) is 2.74. The van der Waals surface area contributed by atoms with E-state index in [0.29, 0.717) is 13.1 Å². The number of halogens is 1. The van der Waals surface area contributed by atoms with Crippen molar-refractivity contribution in [2.24, 2.45) is 0 Å². The molecule has 3 aromatic rings. The molecule has 0 aliphatic heterocycles. The number of nitrogens with one attached hydrogen (secondary N) is 2. The van der Waals surface area contributed by atoms with Gasteiger partial charge in [0.2, 0.25) is 10.0 Å². The van der Waals surface area contributed by atoms with E-state index < -0.39 is 16.1 Å². The molecule has 3 N–H and O–H groups in total. The summed E-state index contributed by atoms with van der Waals surface area (Å²) in [7, 11) is -3.62. The van der Waals surface area contributed by atoms with Crippen molar-refractivity contribution in [1.82, 2.24) is 15.0 Å². The smallest absolute Gasteiger partial charge is 0.240 e. The molecule has 0 amide bonds. The summed E-state index contributed by atoms with van der Waals surface area (Å²) in [5.41, 5.74) is 0.862. The third-order valence-corrected chi connectivity index (χ3v) is 6.28. The van der Waals surface area contributed by atoms with Crippen LogP contribution in [0.2, 0.25) is 0 Å². The number of aliphatic hydroxyl groups is 1. The zero-order valence-corrected chi connectivity index (χ0v) is 17.2. The molecule has 27 heavy (non-hydrogen) atoms. The maximum absolute atomic E-state index is 12.6. The Kier molecular flexibility index (Phi) is 7.72. The highest BCUT2D eigenvalue weighted by molar-refractivity contribution is 7.89. The van der Waals surface area contributed by atoms with Crippen LogP contribution in [0.3, 0.4) is 0 Å². The molecule has 0 aliphatic rings. The van der Waals surface area contributed by atoms with E-state index in [1.54, 1.807) is 43.6 Å². The van der Waals surface area contributed by atoms with E-state index in [-0.39, 0.29) is 23.3 Å². The van der Waals surface area contributed by atoms with E-state index >= 15 is 0 Å². The summed E-state index contributed by atoms with van der Waals surface area (Å²) in [5.74, 6) is 0. The molecule has 9 heteroatoms. The van der Waals surface area contributed by atoms with Gasteiger partial charge in [0.25, 0.3) is 0 Å². The third-order valence-electron chi connectivity index (χ3n) is 3.99. The first-order chi connectivity index (χ1) is 12.5. The van der Waals surface area contributed by atoms with E-state index in [1.807, 2.05) is 16.8 Å². The van der Waals surface area contributed by atoms with E-state index in [1.165, 1.54) is 11.3 Å². The zero-order chi connectivity index (χ0) is 18.6. The third kappa shape index (κ3) is 5.71. The molecular formula is C18H22ClN3O3S2. The maximum Gasteiger partial charge on any atom is 0.240 e. The van der Waals surface area contributed by atoms with E-state index in [4.69, 9.17) is 0 Å². The Bertz CT molecular complexity index is 965. The van der Waals surface area contributed by atoms with E-state index in [9.17, 15) is 13.5 Å². The summed E-state index contributed by atoms with van der Waals surface area (Å²) in [6.45, 7) is 2.57. The van der Waals surface area contributed by atoms with Crippen molar-refractivity contribution in [2.75, 3.05) is 13.1 Å². The second-order valence-corrected chi connectivity index (χ2v) is 8.63. The van der Waals surface area contributed by atoms with Crippen LogP contribution in [0.25, 0.3) is 10.8 Å². The fourth-order valence-corrected chi connectivity index (χ4v) is 4.61. The molecule has 0 spiro atoms. The molecule has 3 rings (SSSR count). The summed E-state index contributed by atoms with van der Waals surface area (Å²) in [6, 6.07) is 8.30. The quantitative estimate of drug-likeness (QED) is 0.514. The lowest BCUT2D eigenvalue weighted by atomic mass is 10.2. The second-order valence-electron chi connectivity index (χ2n) is 6.14. The van der Waals surface area contributed by atoms with Gasteiger partial charge in [-0.15, -0.1) is 12.4 Å². The number of sulfonamides is 1. The lowest BCUT2D eigenvalue weighted by Gasteiger charge is -2.17. The molecule has 0 aliphatic carbocycles. The number of thiophene rings is 1. The van der Waals surface area contributed by atoms with Crippen LogP contribution in [0.5, 0.6) is 0 Å². The first-order valence-electron chi connectivity index (χ1n) is 8.23. The van der Waals surface area contributed by atoms with Crippen LogP contribution in [0.15, 0.2) is 58.4 Å². The SMILES string of the molecule is CC(CNCC(O)c1ccsc1)NS(=O)(=O)c1ccc2cnccc2c1.Cl. The second kappa shape index (κ2) is 9.59. The van der Waals surface area contributed by atoms with Gasteiger partial charge in [-0.25, -0.2) is 13.1 Å². The minimum atomic E-state index is -3.62. The number of aliphatic hydroxyl groups excluding tert-OH is 1. The lowest BCUT2D eigenvalue weighted by molar-refractivity contribution is 0.174. The Balaban J connectivity index is 0.00000261. The van der Waals surface area contributed by atoms with Crippen LogP contribution < -0.4 is 10.0 Å². The molecule has 2 unspecified atom stereocenters. The minimum Gasteiger partial charge on any atom is -0.387 e. The predicted molar refractivity (Wildman–Crippen MR) is 111 cm³/mol. The van der Waals surface area contributed by atoms with Gasteiger partial charge >= 0.3 is 0 Å². The van der Waals surface area contributed by atoms with Crippen LogP contribution in [-0.2, 0) is 10.0 Å². The first-order valence-corrected chi connectivity index (χ1v) is 10.7. The number of fused-ring (bicyclic) bond motifs is 1. The van der Waals surface area contributed by atoms with Gasteiger partial charge in [-0.2, -0.15) is 11.3 Å². The Morgan fingerprint density at radius 2 is 2.00 bits per heavy atom. The summed E-state index contributed by atoms with van der Waals surface area (Å²) in [4.78, 5) is 4.25. The van der Waals surface area contributed by atoms with Crippen molar-refractivity contribution in [3.63, 3.8) is 0 Å². The number of benzene rings is 1. The van der Waals surface area contributed by atoms with Crippen LogP contribution >= 0.6 is 23.7 Å². The number of hydrogen-bond donors (Lipinski definition) is 3. The molecule has 1 aromatic carbocycles. The maximum atomic E-state index is 12.6. The number of aromatic nitrogens is 1. The van der Waals surface area contributed by atoms with Crippen LogP contribution in [0.1, 0.15) is 18.6 Å². The normalized spacial score (nSPS) is 13.9. The molecule has 2 heterocycles. The molecule has 2 atom stereocenters. The Hall–Kier alpha value is -1.55. The van der Waals surface area contributed by atoms with Crippen LogP contribution in [-0.4, -0.2) is 37.6 Å². The number of rotatable bonds is 8. The van der Waals surface area contributed by atoms with Crippen molar-refractivity contribution in [1.29, 1.82) is 0 Å². The van der Waals surface area contributed by atoms with Gasteiger partial charge in [0.15, 0.2) is 0 Å². The molecule has 0 bridgehead atoms. The van der Waals surface area contributed by atoms with Crippen molar-refractivity contribution in [3.8, 4) is 0 Å². The number of pyridine rings is 1. The molecule has 2 aromatic heterocycles. The van der Waals surface area contributed by atoms with Crippen molar-refractivity contribution in [3.05, 3.63) is 59.0 Å². The van der Waals surface area contributed by atoms with Gasteiger partial charge in [0.05, 0.1) is 11.0 Å². The fourth-order valence-electron chi connectivity index (χ4n) is 2.62. The van der Waals surface area contributed by atoms with E-state index in [2.05, 4.69) is 15.0 Å². The van der Waals surface area contributed by atoms with Gasteiger partial charge in [-0.1, -0.05) is 6.07 Å². The number of nitrogens with zero attached hydrogens (tertiary/aromatic N) is 1.